The van der Waals surface area contributed by atoms with Crippen LogP contribution >= 0.6 is 11.6 Å². The van der Waals surface area contributed by atoms with Crippen LogP contribution in [0.2, 0.25) is 23.2 Å². The lowest BCUT2D eigenvalue weighted by molar-refractivity contribution is 0.0734. The predicted octanol–water partition coefficient (Wildman–Crippen LogP) is 5.94. The highest BCUT2D eigenvalue weighted by atomic mass is 35.5. The van der Waals surface area contributed by atoms with Gasteiger partial charge in [0.1, 0.15) is 11.5 Å². The van der Waals surface area contributed by atoms with Gasteiger partial charge >= 0.3 is 5.97 Å². The van der Waals surface area contributed by atoms with Crippen LogP contribution in [-0.4, -0.2) is 14.3 Å². The van der Waals surface area contributed by atoms with Crippen molar-refractivity contribution in [3.8, 4) is 11.5 Å². The van der Waals surface area contributed by atoms with Crippen molar-refractivity contribution < 1.29 is 14.0 Å². The number of benzene rings is 2. The van der Waals surface area contributed by atoms with Crippen molar-refractivity contribution in [1.82, 2.24) is 0 Å². The van der Waals surface area contributed by atoms with E-state index < -0.39 is 14.3 Å². The first-order chi connectivity index (χ1) is 11.1. The summed E-state index contributed by atoms with van der Waals surface area (Å²) in [7, 11) is -2.05. The fraction of sp³-hybridized carbons (Fsp3) is 0.316. The highest BCUT2D eigenvalue weighted by Gasteiger charge is 2.39. The van der Waals surface area contributed by atoms with E-state index in [1.165, 1.54) is 0 Å². The van der Waals surface area contributed by atoms with Gasteiger partial charge in [-0.15, -0.1) is 0 Å². The van der Waals surface area contributed by atoms with Crippen molar-refractivity contribution in [2.24, 2.45) is 0 Å². The van der Waals surface area contributed by atoms with Crippen LogP contribution in [0.15, 0.2) is 48.5 Å². The minimum atomic E-state index is -2.05. The van der Waals surface area contributed by atoms with Gasteiger partial charge in [0.05, 0.1) is 10.6 Å². The predicted molar refractivity (Wildman–Crippen MR) is 101 cm³/mol. The van der Waals surface area contributed by atoms with E-state index in [-0.39, 0.29) is 5.04 Å². The molecule has 0 amide bonds. The molecule has 0 aliphatic carbocycles. The molecule has 0 fully saturated rings. The first kappa shape index (κ1) is 18.6. The van der Waals surface area contributed by atoms with E-state index in [9.17, 15) is 4.79 Å². The molecule has 0 unspecified atom stereocenters. The third-order valence-electron chi connectivity index (χ3n) is 4.29. The Morgan fingerprint density at radius 2 is 1.67 bits per heavy atom. The van der Waals surface area contributed by atoms with E-state index in [2.05, 4.69) is 33.9 Å². The molecule has 0 saturated carbocycles. The van der Waals surface area contributed by atoms with Crippen LogP contribution < -0.4 is 9.16 Å². The first-order valence-corrected chi connectivity index (χ1v) is 11.1. The van der Waals surface area contributed by atoms with Gasteiger partial charge in [0.2, 0.25) is 0 Å². The molecule has 0 aliphatic rings. The van der Waals surface area contributed by atoms with Gasteiger partial charge in [-0.05, 0) is 48.5 Å². The second-order valence-electron chi connectivity index (χ2n) is 7.21. The van der Waals surface area contributed by atoms with E-state index in [4.69, 9.17) is 20.8 Å². The monoisotopic (exact) mass is 362 g/mol. The largest absolute Gasteiger partial charge is 0.542 e. The van der Waals surface area contributed by atoms with Gasteiger partial charge in [-0.3, -0.25) is 0 Å². The summed E-state index contributed by atoms with van der Waals surface area (Å²) in [5.74, 6) is 0.605. The van der Waals surface area contributed by atoms with Crippen LogP contribution in [0, 0.1) is 0 Å². The van der Waals surface area contributed by atoms with Crippen molar-refractivity contribution in [2.45, 2.75) is 38.9 Å². The molecule has 0 aliphatic heterocycles. The molecule has 0 heterocycles. The lowest BCUT2D eigenvalue weighted by Crippen LogP contribution is -2.44. The summed E-state index contributed by atoms with van der Waals surface area (Å²) in [5, 5.41) is 0.535. The number of ether oxygens (including phenoxy) is 1. The molecule has 0 N–H and O–H groups in total. The molecule has 2 aromatic carbocycles. The van der Waals surface area contributed by atoms with Gasteiger partial charge in [0, 0.05) is 0 Å². The average molecular weight is 363 g/mol. The third kappa shape index (κ3) is 4.39. The molecule has 0 spiro atoms. The Kier molecular flexibility index (Phi) is 5.41. The zero-order valence-electron chi connectivity index (χ0n) is 14.7. The Morgan fingerprint density at radius 3 is 2.25 bits per heavy atom. The van der Waals surface area contributed by atoms with Gasteiger partial charge in [0.25, 0.3) is 8.32 Å². The van der Waals surface area contributed by atoms with Crippen LogP contribution in [0.3, 0.4) is 0 Å². The minimum Gasteiger partial charge on any atom is -0.542 e. The fourth-order valence-electron chi connectivity index (χ4n) is 1.79. The van der Waals surface area contributed by atoms with Crippen molar-refractivity contribution >= 4 is 25.9 Å². The molecule has 24 heavy (non-hydrogen) atoms. The number of carbonyl (C=O) groups excluding carboxylic acids is 1. The summed E-state index contributed by atoms with van der Waals surface area (Å²) >= 11 is 6.26. The Morgan fingerprint density at radius 1 is 1.04 bits per heavy atom. The lowest BCUT2D eigenvalue weighted by Gasteiger charge is -2.36. The lowest BCUT2D eigenvalue weighted by atomic mass is 10.2. The standard InChI is InChI=1S/C19H23ClO3Si/c1-19(2,3)24(4,5)23-17-13-14(11-12-16(17)20)18(21)22-15-9-7-6-8-10-15/h6-13H,1-5H3. The molecule has 3 nitrogen and oxygen atoms in total. The van der Waals surface area contributed by atoms with Crippen LogP contribution in [0.25, 0.3) is 0 Å². The van der Waals surface area contributed by atoms with E-state index in [0.29, 0.717) is 22.1 Å². The number of hydrogen-bond donors (Lipinski definition) is 0. The zero-order valence-corrected chi connectivity index (χ0v) is 16.5. The molecule has 0 bridgehead atoms. The van der Waals surface area contributed by atoms with E-state index in [1.807, 2.05) is 18.2 Å². The van der Waals surface area contributed by atoms with Gasteiger partial charge in [-0.2, -0.15) is 0 Å². The molecule has 0 saturated heterocycles. The maximum absolute atomic E-state index is 12.3. The molecule has 2 rings (SSSR count). The molecule has 0 aromatic heterocycles. The normalized spacial score (nSPS) is 11.9. The number of halogens is 1. The smallest absolute Gasteiger partial charge is 0.343 e. The fourth-order valence-corrected chi connectivity index (χ4v) is 3.04. The summed E-state index contributed by atoms with van der Waals surface area (Å²) < 4.78 is 11.6. The average Bonchev–Trinajstić information content (AvgIpc) is 2.49. The maximum atomic E-state index is 12.3. The summed E-state index contributed by atoms with van der Waals surface area (Å²) in [6.45, 7) is 10.7. The quantitative estimate of drug-likeness (QED) is 0.383. The molecule has 5 heteroatoms. The molecule has 128 valence electrons. The molecule has 0 atom stereocenters. The third-order valence-corrected chi connectivity index (χ3v) is 8.95. The summed E-state index contributed by atoms with van der Waals surface area (Å²) in [6, 6.07) is 13.9. The Bertz CT molecular complexity index is 721. The van der Waals surface area contributed by atoms with Gasteiger partial charge < -0.3 is 9.16 Å². The molecule has 2 aromatic rings. The summed E-state index contributed by atoms with van der Waals surface area (Å²) in [6.07, 6.45) is 0. The minimum absolute atomic E-state index is 0.0386. The molecular formula is C19H23ClO3Si. The van der Waals surface area contributed by atoms with Crippen LogP contribution in [0.1, 0.15) is 31.1 Å². The summed E-state index contributed by atoms with van der Waals surface area (Å²) in [4.78, 5) is 12.3. The SMILES string of the molecule is CC(C)(C)[Si](C)(C)Oc1cc(C(=O)Oc2ccccc2)ccc1Cl. The second-order valence-corrected chi connectivity index (χ2v) is 12.3. The number of esters is 1. The number of hydrogen-bond acceptors (Lipinski definition) is 3. The highest BCUT2D eigenvalue weighted by Crippen LogP contribution is 2.39. The first-order valence-electron chi connectivity index (χ1n) is 7.86. The molecular weight excluding hydrogens is 340 g/mol. The van der Waals surface area contributed by atoms with Crippen LogP contribution in [-0.2, 0) is 0 Å². The zero-order chi connectivity index (χ0) is 18.0. The Hall–Kier alpha value is -1.78. The van der Waals surface area contributed by atoms with Crippen molar-refractivity contribution in [2.75, 3.05) is 0 Å². The Labute approximate surface area is 149 Å². The summed E-state index contributed by atoms with van der Waals surface area (Å²) in [5.41, 5.74) is 0.414. The number of carbonyl (C=O) groups is 1. The van der Waals surface area contributed by atoms with Crippen molar-refractivity contribution in [1.29, 1.82) is 0 Å². The van der Waals surface area contributed by atoms with Gasteiger partial charge in [0.15, 0.2) is 0 Å². The highest BCUT2D eigenvalue weighted by molar-refractivity contribution is 6.74. The van der Waals surface area contributed by atoms with Crippen molar-refractivity contribution in [3.63, 3.8) is 0 Å². The van der Waals surface area contributed by atoms with E-state index in [1.54, 1.807) is 30.3 Å². The van der Waals surface area contributed by atoms with Crippen molar-refractivity contribution in [3.05, 3.63) is 59.1 Å². The van der Waals surface area contributed by atoms with Gasteiger partial charge in [-0.25, -0.2) is 4.79 Å². The Balaban J connectivity index is 2.24. The topological polar surface area (TPSA) is 35.5 Å². The van der Waals surface area contributed by atoms with Crippen LogP contribution in [0.4, 0.5) is 0 Å². The second kappa shape index (κ2) is 6.99. The van der Waals surface area contributed by atoms with Gasteiger partial charge in [-0.1, -0.05) is 50.6 Å². The number of para-hydroxylation sites is 1. The van der Waals surface area contributed by atoms with Crippen LogP contribution in [0.5, 0.6) is 11.5 Å². The van der Waals surface area contributed by atoms with E-state index >= 15 is 0 Å². The molecule has 0 radical (unpaired) electrons. The number of rotatable bonds is 4. The van der Waals surface area contributed by atoms with E-state index in [0.717, 1.165) is 0 Å². The maximum Gasteiger partial charge on any atom is 0.343 e.